The molecule has 1 fully saturated rings. The second kappa shape index (κ2) is 8.31. The van der Waals surface area contributed by atoms with Crippen molar-refractivity contribution in [1.82, 2.24) is 24.6 Å². The predicted octanol–water partition coefficient (Wildman–Crippen LogP) is 2.43. The molecule has 2 amide bonds. The molecule has 0 aliphatic carbocycles. The third-order valence-electron chi connectivity index (χ3n) is 4.93. The Bertz CT molecular complexity index is 742. The van der Waals surface area contributed by atoms with Crippen LogP contribution in [0.5, 0.6) is 0 Å². The van der Waals surface area contributed by atoms with Crippen molar-refractivity contribution in [3.8, 4) is 0 Å². The maximum Gasteiger partial charge on any atom is 0.323 e. The van der Waals surface area contributed by atoms with Crippen molar-refractivity contribution in [2.24, 2.45) is 7.05 Å². The van der Waals surface area contributed by atoms with E-state index in [0.717, 1.165) is 62.6 Å². The smallest absolute Gasteiger partial charge is 0.323 e. The minimum absolute atomic E-state index is 0.0362. The largest absolute Gasteiger partial charge is 0.323 e. The second-order valence-corrected chi connectivity index (χ2v) is 6.80. The lowest BCUT2D eigenvalue weighted by Crippen LogP contribution is -2.38. The first kappa shape index (κ1) is 18.4. The molecule has 2 aromatic rings. The molecule has 7 heteroatoms. The van der Waals surface area contributed by atoms with E-state index in [2.05, 4.69) is 33.3 Å². The summed E-state index contributed by atoms with van der Waals surface area (Å²) in [4.78, 5) is 21.2. The highest BCUT2D eigenvalue weighted by molar-refractivity contribution is 5.89. The van der Waals surface area contributed by atoms with Gasteiger partial charge < -0.3 is 4.90 Å². The molecule has 1 N–H and O–H groups in total. The number of hydrogen-bond donors (Lipinski definition) is 1. The molecule has 7 nitrogen and oxygen atoms in total. The molecule has 3 rings (SSSR count). The number of hydrogen-bond acceptors (Lipinski definition) is 4. The van der Waals surface area contributed by atoms with Gasteiger partial charge in [0.15, 0.2) is 0 Å². The van der Waals surface area contributed by atoms with Crippen LogP contribution in [0.1, 0.15) is 30.2 Å². The van der Waals surface area contributed by atoms with E-state index in [1.807, 2.05) is 31.1 Å². The number of amides is 2. The maximum absolute atomic E-state index is 12.8. The van der Waals surface area contributed by atoms with Gasteiger partial charge in [-0.05, 0) is 31.4 Å². The van der Waals surface area contributed by atoms with E-state index in [1.54, 1.807) is 10.9 Å². The molecule has 0 atom stereocenters. The zero-order valence-electron chi connectivity index (χ0n) is 15.9. The quantitative estimate of drug-likeness (QED) is 0.914. The maximum atomic E-state index is 12.8. The molecule has 0 radical (unpaired) electrons. The number of rotatable bonds is 4. The van der Waals surface area contributed by atoms with Crippen molar-refractivity contribution in [2.75, 3.05) is 31.5 Å². The van der Waals surface area contributed by atoms with Crippen molar-refractivity contribution in [3.05, 3.63) is 41.3 Å². The number of aryl methyl sites for hydroxylation is 2. The number of carbonyl (C=O) groups is 1. The zero-order chi connectivity index (χ0) is 18.5. The highest BCUT2D eigenvalue weighted by atomic mass is 16.2. The van der Waals surface area contributed by atoms with E-state index in [9.17, 15) is 4.79 Å². The number of pyridine rings is 1. The molecule has 1 aliphatic heterocycles. The lowest BCUT2D eigenvalue weighted by atomic mass is 10.2. The second-order valence-electron chi connectivity index (χ2n) is 6.80. The van der Waals surface area contributed by atoms with Crippen LogP contribution in [0, 0.1) is 6.92 Å². The molecular weight excluding hydrogens is 328 g/mol. The molecule has 26 heavy (non-hydrogen) atoms. The summed E-state index contributed by atoms with van der Waals surface area (Å²) in [5.41, 5.74) is 3.29. The molecule has 0 bridgehead atoms. The molecule has 3 heterocycles. The molecule has 2 aromatic heterocycles. The Labute approximate surface area is 155 Å². The summed E-state index contributed by atoms with van der Waals surface area (Å²) in [6.45, 7) is 8.30. The van der Waals surface area contributed by atoms with Crippen LogP contribution >= 0.6 is 0 Å². The first-order valence-electron chi connectivity index (χ1n) is 9.28. The van der Waals surface area contributed by atoms with E-state index in [4.69, 9.17) is 0 Å². The van der Waals surface area contributed by atoms with Gasteiger partial charge in [0.1, 0.15) is 5.82 Å². The standard InChI is InChI=1S/C19H28N6O/c1-4-17-15(2)22-23(3)18(17)21-19(26)25-10-6-9-24(11-12-25)14-16-7-5-8-20-13-16/h5,7-8,13H,4,6,9-12,14H2,1-3H3,(H,21,26). The average Bonchev–Trinajstić information content (AvgIpc) is 2.79. The van der Waals surface area contributed by atoms with Gasteiger partial charge in [0, 0.05) is 57.7 Å². The van der Waals surface area contributed by atoms with Gasteiger partial charge in [-0.3, -0.25) is 19.9 Å². The van der Waals surface area contributed by atoms with Crippen LogP contribution in [0.3, 0.4) is 0 Å². The van der Waals surface area contributed by atoms with Crippen LogP contribution in [0.4, 0.5) is 10.6 Å². The summed E-state index contributed by atoms with van der Waals surface area (Å²) >= 11 is 0. The summed E-state index contributed by atoms with van der Waals surface area (Å²) in [7, 11) is 1.87. The molecular formula is C19H28N6O. The van der Waals surface area contributed by atoms with Gasteiger partial charge in [-0.15, -0.1) is 0 Å². The Hall–Kier alpha value is -2.41. The first-order chi connectivity index (χ1) is 12.6. The van der Waals surface area contributed by atoms with E-state index in [1.165, 1.54) is 5.56 Å². The number of aromatic nitrogens is 3. The number of urea groups is 1. The average molecular weight is 356 g/mol. The van der Waals surface area contributed by atoms with Crippen molar-refractivity contribution < 1.29 is 4.79 Å². The molecule has 140 valence electrons. The topological polar surface area (TPSA) is 66.3 Å². The minimum Gasteiger partial charge on any atom is -0.323 e. The lowest BCUT2D eigenvalue weighted by Gasteiger charge is -2.22. The first-order valence-corrected chi connectivity index (χ1v) is 9.28. The molecule has 0 aromatic carbocycles. The Morgan fingerprint density at radius 2 is 2.12 bits per heavy atom. The Morgan fingerprint density at radius 3 is 2.85 bits per heavy atom. The van der Waals surface area contributed by atoms with Crippen molar-refractivity contribution in [2.45, 2.75) is 33.2 Å². The van der Waals surface area contributed by atoms with Gasteiger partial charge in [-0.25, -0.2) is 4.79 Å². The van der Waals surface area contributed by atoms with Gasteiger partial charge in [0.05, 0.1) is 5.69 Å². The minimum atomic E-state index is -0.0362. The number of anilines is 1. The fraction of sp³-hybridized carbons (Fsp3) is 0.526. The van der Waals surface area contributed by atoms with Crippen LogP contribution in [0.2, 0.25) is 0 Å². The summed E-state index contributed by atoms with van der Waals surface area (Å²) in [6, 6.07) is 4.03. The normalized spacial score (nSPS) is 15.7. The predicted molar refractivity (Wildman–Crippen MR) is 102 cm³/mol. The van der Waals surface area contributed by atoms with Gasteiger partial charge in [0.25, 0.3) is 0 Å². The van der Waals surface area contributed by atoms with Crippen LogP contribution in [-0.2, 0) is 20.0 Å². The van der Waals surface area contributed by atoms with Gasteiger partial charge >= 0.3 is 6.03 Å². The number of nitrogens with zero attached hydrogens (tertiary/aromatic N) is 5. The van der Waals surface area contributed by atoms with Crippen LogP contribution in [0.25, 0.3) is 0 Å². The van der Waals surface area contributed by atoms with Crippen molar-refractivity contribution >= 4 is 11.8 Å². The summed E-state index contributed by atoms with van der Waals surface area (Å²) in [5.74, 6) is 0.812. The molecule has 1 saturated heterocycles. The highest BCUT2D eigenvalue weighted by Crippen LogP contribution is 2.20. The molecule has 1 aliphatic rings. The van der Waals surface area contributed by atoms with Crippen LogP contribution < -0.4 is 5.32 Å². The van der Waals surface area contributed by atoms with Crippen LogP contribution in [-0.4, -0.2) is 56.8 Å². The van der Waals surface area contributed by atoms with Gasteiger partial charge in [-0.1, -0.05) is 13.0 Å². The van der Waals surface area contributed by atoms with E-state index in [0.29, 0.717) is 0 Å². The fourth-order valence-electron chi connectivity index (χ4n) is 3.54. The third-order valence-corrected chi connectivity index (χ3v) is 4.93. The molecule has 0 unspecified atom stereocenters. The van der Waals surface area contributed by atoms with E-state index < -0.39 is 0 Å². The summed E-state index contributed by atoms with van der Waals surface area (Å²) in [6.07, 6.45) is 5.53. The Kier molecular flexibility index (Phi) is 5.88. The van der Waals surface area contributed by atoms with Crippen molar-refractivity contribution in [3.63, 3.8) is 0 Å². The summed E-state index contributed by atoms with van der Waals surface area (Å²) < 4.78 is 1.76. The SMILES string of the molecule is CCc1c(C)nn(C)c1NC(=O)N1CCCN(Cc2cccnc2)CC1. The third kappa shape index (κ3) is 4.22. The number of nitrogens with one attached hydrogen (secondary N) is 1. The summed E-state index contributed by atoms with van der Waals surface area (Å²) in [5, 5.41) is 7.50. The lowest BCUT2D eigenvalue weighted by molar-refractivity contribution is 0.210. The molecule has 0 spiro atoms. The van der Waals surface area contributed by atoms with Crippen LogP contribution in [0.15, 0.2) is 24.5 Å². The van der Waals surface area contributed by atoms with Gasteiger partial charge in [0.2, 0.25) is 0 Å². The Morgan fingerprint density at radius 1 is 1.27 bits per heavy atom. The van der Waals surface area contributed by atoms with E-state index in [-0.39, 0.29) is 6.03 Å². The Balaban J connectivity index is 1.59. The van der Waals surface area contributed by atoms with E-state index >= 15 is 0 Å². The number of carbonyl (C=O) groups excluding carboxylic acids is 1. The zero-order valence-corrected chi connectivity index (χ0v) is 15.9. The van der Waals surface area contributed by atoms with Gasteiger partial charge in [-0.2, -0.15) is 5.10 Å². The molecule has 0 saturated carbocycles. The monoisotopic (exact) mass is 356 g/mol. The highest BCUT2D eigenvalue weighted by Gasteiger charge is 2.21. The van der Waals surface area contributed by atoms with Crippen molar-refractivity contribution in [1.29, 1.82) is 0 Å². The fourth-order valence-corrected chi connectivity index (χ4v) is 3.54.